The van der Waals surface area contributed by atoms with Crippen LogP contribution in [0.2, 0.25) is 0 Å². The first kappa shape index (κ1) is 17.1. The van der Waals surface area contributed by atoms with Gasteiger partial charge in [0, 0.05) is 15.4 Å². The van der Waals surface area contributed by atoms with Crippen LogP contribution in [-0.4, -0.2) is 32.6 Å². The Morgan fingerprint density at radius 3 is 2.60 bits per heavy atom. The molecule has 0 spiro atoms. The van der Waals surface area contributed by atoms with Gasteiger partial charge in [0.05, 0.1) is 18.4 Å². The summed E-state index contributed by atoms with van der Waals surface area (Å²) in [5.74, 6) is -0.647. The summed E-state index contributed by atoms with van der Waals surface area (Å²) in [6, 6.07) is 3.37. The Bertz CT molecular complexity index is 507. The number of hydrogen-bond donors (Lipinski definition) is 2. The van der Waals surface area contributed by atoms with Gasteiger partial charge in [-0.3, -0.25) is 4.79 Å². The van der Waals surface area contributed by atoms with Gasteiger partial charge in [-0.2, -0.15) is 0 Å². The number of carbonyl (C=O) groups excluding carboxylic acids is 2. The molecule has 1 rings (SSSR count). The van der Waals surface area contributed by atoms with Crippen molar-refractivity contribution in [1.29, 1.82) is 0 Å². The lowest BCUT2D eigenvalue weighted by Gasteiger charge is -2.12. The van der Waals surface area contributed by atoms with E-state index in [4.69, 9.17) is 4.74 Å². The lowest BCUT2D eigenvalue weighted by Crippen LogP contribution is -2.17. The number of ether oxygens (including phenoxy) is 1. The molecule has 110 valence electrons. The van der Waals surface area contributed by atoms with E-state index in [9.17, 15) is 9.59 Å². The molecule has 0 aliphatic carbocycles. The van der Waals surface area contributed by atoms with Crippen LogP contribution in [0.25, 0.3) is 0 Å². The molecule has 0 aliphatic rings. The molecule has 0 fully saturated rings. The Morgan fingerprint density at radius 1 is 1.30 bits per heavy atom. The number of hydrogen-bond acceptors (Lipinski definition) is 4. The third-order valence-electron chi connectivity index (χ3n) is 2.56. The summed E-state index contributed by atoms with van der Waals surface area (Å²) in [6.07, 6.45) is 1.11. The van der Waals surface area contributed by atoms with Gasteiger partial charge in [-0.1, -0.05) is 15.9 Å². The number of halogens is 2. The van der Waals surface area contributed by atoms with Crippen molar-refractivity contribution >= 4 is 49.4 Å². The molecular weight excluding hydrogens is 392 g/mol. The number of rotatable bonds is 6. The number of anilines is 1. The maximum Gasteiger partial charge on any atom is 0.340 e. The van der Waals surface area contributed by atoms with Crippen molar-refractivity contribution < 1.29 is 14.3 Å². The highest BCUT2D eigenvalue weighted by Gasteiger charge is 2.17. The zero-order chi connectivity index (χ0) is 15.1. The molecule has 0 heterocycles. The molecule has 0 unspecified atom stereocenters. The average molecular weight is 408 g/mol. The normalized spacial score (nSPS) is 10.2. The van der Waals surface area contributed by atoms with Crippen molar-refractivity contribution in [2.45, 2.75) is 12.8 Å². The second-order valence-corrected chi connectivity index (χ2v) is 5.83. The summed E-state index contributed by atoms with van der Waals surface area (Å²) in [5.41, 5.74) is 0.727. The minimum absolute atomic E-state index is 0.145. The molecule has 0 aromatic heterocycles. The van der Waals surface area contributed by atoms with E-state index < -0.39 is 5.97 Å². The van der Waals surface area contributed by atoms with Crippen LogP contribution in [0.1, 0.15) is 23.2 Å². The highest BCUT2D eigenvalue weighted by Crippen LogP contribution is 2.31. The Kier molecular flexibility index (Phi) is 7.18. The van der Waals surface area contributed by atoms with Crippen molar-refractivity contribution in [2.24, 2.45) is 0 Å². The van der Waals surface area contributed by atoms with Gasteiger partial charge >= 0.3 is 5.97 Å². The van der Waals surface area contributed by atoms with Crippen molar-refractivity contribution in [2.75, 3.05) is 26.0 Å². The lowest BCUT2D eigenvalue weighted by molar-refractivity contribution is -0.116. The maximum atomic E-state index is 11.9. The smallest absolute Gasteiger partial charge is 0.340 e. The molecule has 2 N–H and O–H groups in total. The van der Waals surface area contributed by atoms with Crippen molar-refractivity contribution in [1.82, 2.24) is 5.32 Å². The van der Waals surface area contributed by atoms with Crippen LogP contribution in [0.3, 0.4) is 0 Å². The van der Waals surface area contributed by atoms with Gasteiger partial charge in [0.2, 0.25) is 5.91 Å². The molecule has 0 bridgehead atoms. The number of nitrogens with one attached hydrogen (secondary N) is 2. The fourth-order valence-electron chi connectivity index (χ4n) is 1.60. The van der Waals surface area contributed by atoms with E-state index in [0.717, 1.165) is 17.4 Å². The zero-order valence-electron chi connectivity index (χ0n) is 11.3. The molecular formula is C13H16Br2N2O3. The van der Waals surface area contributed by atoms with Crippen LogP contribution in [0.15, 0.2) is 21.1 Å². The summed E-state index contributed by atoms with van der Waals surface area (Å²) >= 11 is 6.64. The van der Waals surface area contributed by atoms with E-state index in [-0.39, 0.29) is 5.91 Å². The molecule has 7 heteroatoms. The molecule has 0 atom stereocenters. The monoisotopic (exact) mass is 406 g/mol. The summed E-state index contributed by atoms with van der Waals surface area (Å²) in [4.78, 5) is 23.6. The fourth-order valence-corrected chi connectivity index (χ4v) is 2.92. The molecule has 0 aliphatic heterocycles. The summed E-state index contributed by atoms with van der Waals surface area (Å²) in [7, 11) is 3.13. The van der Waals surface area contributed by atoms with Gasteiger partial charge in [0.25, 0.3) is 0 Å². The van der Waals surface area contributed by atoms with Crippen molar-refractivity contribution in [3.63, 3.8) is 0 Å². The first-order valence-electron chi connectivity index (χ1n) is 6.01. The average Bonchev–Trinajstić information content (AvgIpc) is 2.41. The van der Waals surface area contributed by atoms with Crippen LogP contribution in [0, 0.1) is 0 Å². The van der Waals surface area contributed by atoms with E-state index in [1.165, 1.54) is 7.11 Å². The number of carbonyl (C=O) groups is 2. The van der Waals surface area contributed by atoms with Gasteiger partial charge < -0.3 is 15.4 Å². The molecule has 1 amide bonds. The first-order valence-corrected chi connectivity index (χ1v) is 7.60. The standard InChI is InChI=1S/C13H16Br2N2O3/c1-16-5-3-4-11(18)17-12-9(13(19)20-2)6-8(14)7-10(12)15/h6-7,16H,3-5H2,1-2H3,(H,17,18). The largest absolute Gasteiger partial charge is 0.465 e. The predicted molar refractivity (Wildman–Crippen MR) is 85.0 cm³/mol. The molecule has 0 saturated carbocycles. The van der Waals surface area contributed by atoms with E-state index in [0.29, 0.717) is 22.1 Å². The summed E-state index contributed by atoms with van der Waals surface area (Å²) in [5, 5.41) is 5.72. The third kappa shape index (κ3) is 4.88. The summed E-state index contributed by atoms with van der Waals surface area (Å²) < 4.78 is 6.07. The Hall–Kier alpha value is -0.920. The SMILES string of the molecule is CNCCCC(=O)Nc1c(Br)cc(Br)cc1C(=O)OC. The van der Waals surface area contributed by atoms with E-state index in [1.54, 1.807) is 12.1 Å². The van der Waals surface area contributed by atoms with Crippen molar-refractivity contribution in [3.05, 3.63) is 26.6 Å². The second kappa shape index (κ2) is 8.39. The predicted octanol–water partition coefficient (Wildman–Crippen LogP) is 2.94. The number of amides is 1. The Labute approximate surface area is 134 Å². The topological polar surface area (TPSA) is 67.4 Å². The molecule has 1 aromatic carbocycles. The minimum atomic E-state index is -0.502. The Morgan fingerprint density at radius 2 is 2.00 bits per heavy atom. The van der Waals surface area contributed by atoms with Crippen LogP contribution in [0.4, 0.5) is 5.69 Å². The van der Waals surface area contributed by atoms with E-state index in [2.05, 4.69) is 42.5 Å². The molecule has 0 saturated heterocycles. The summed E-state index contributed by atoms with van der Waals surface area (Å²) in [6.45, 7) is 0.763. The minimum Gasteiger partial charge on any atom is -0.465 e. The lowest BCUT2D eigenvalue weighted by atomic mass is 10.1. The van der Waals surface area contributed by atoms with E-state index in [1.807, 2.05) is 7.05 Å². The van der Waals surface area contributed by atoms with Crippen LogP contribution in [0.5, 0.6) is 0 Å². The van der Waals surface area contributed by atoms with Gasteiger partial charge in [-0.25, -0.2) is 4.79 Å². The highest BCUT2D eigenvalue weighted by molar-refractivity contribution is 9.11. The van der Waals surface area contributed by atoms with Gasteiger partial charge in [0.1, 0.15) is 0 Å². The first-order chi connectivity index (χ1) is 9.49. The third-order valence-corrected chi connectivity index (χ3v) is 3.64. The van der Waals surface area contributed by atoms with Crippen LogP contribution < -0.4 is 10.6 Å². The second-order valence-electron chi connectivity index (χ2n) is 4.06. The number of benzene rings is 1. The van der Waals surface area contributed by atoms with Gasteiger partial charge in [-0.15, -0.1) is 0 Å². The molecule has 5 nitrogen and oxygen atoms in total. The Balaban J connectivity index is 2.93. The maximum absolute atomic E-state index is 11.9. The highest BCUT2D eigenvalue weighted by atomic mass is 79.9. The fraction of sp³-hybridized carbons (Fsp3) is 0.385. The molecule has 1 aromatic rings. The quantitative estimate of drug-likeness (QED) is 0.562. The van der Waals surface area contributed by atoms with Crippen molar-refractivity contribution in [3.8, 4) is 0 Å². The van der Waals surface area contributed by atoms with Gasteiger partial charge in [0.15, 0.2) is 0 Å². The zero-order valence-corrected chi connectivity index (χ0v) is 14.4. The molecule has 20 heavy (non-hydrogen) atoms. The van der Waals surface area contributed by atoms with Gasteiger partial charge in [-0.05, 0) is 48.1 Å². The van der Waals surface area contributed by atoms with Crippen LogP contribution >= 0.6 is 31.9 Å². The molecule has 0 radical (unpaired) electrons. The van der Waals surface area contributed by atoms with Crippen LogP contribution in [-0.2, 0) is 9.53 Å². The number of methoxy groups -OCH3 is 1. The number of esters is 1. The van der Waals surface area contributed by atoms with E-state index >= 15 is 0 Å².